The summed E-state index contributed by atoms with van der Waals surface area (Å²) in [6.45, 7) is 10.3. The van der Waals surface area contributed by atoms with Crippen molar-refractivity contribution in [1.29, 1.82) is 0 Å². The minimum atomic E-state index is 0.702. The van der Waals surface area contributed by atoms with Gasteiger partial charge in [0, 0.05) is 57.1 Å². The molecule has 3 rings (SSSR count). The van der Waals surface area contributed by atoms with Crippen LogP contribution in [0.4, 0.5) is 5.82 Å². The molecule has 0 amide bonds. The number of ether oxygens (including phenoxy) is 1. The monoisotopic (exact) mass is 290 g/mol. The van der Waals surface area contributed by atoms with E-state index in [2.05, 4.69) is 33.1 Å². The maximum atomic E-state index is 5.45. The van der Waals surface area contributed by atoms with Crippen LogP contribution in [0.5, 0.6) is 0 Å². The van der Waals surface area contributed by atoms with Crippen molar-refractivity contribution in [2.45, 2.75) is 25.9 Å². The summed E-state index contributed by atoms with van der Waals surface area (Å²) < 4.78 is 5.45. The number of nitrogens with one attached hydrogen (secondary N) is 1. The van der Waals surface area contributed by atoms with Crippen molar-refractivity contribution in [3.05, 3.63) is 23.9 Å². The lowest BCUT2D eigenvalue weighted by Gasteiger charge is -2.32. The summed E-state index contributed by atoms with van der Waals surface area (Å²) in [6.07, 6.45) is 3.14. The Morgan fingerprint density at radius 2 is 2.19 bits per heavy atom. The Balaban J connectivity index is 1.57. The van der Waals surface area contributed by atoms with Gasteiger partial charge in [0.2, 0.25) is 0 Å². The van der Waals surface area contributed by atoms with E-state index >= 15 is 0 Å². The average Bonchev–Trinajstić information content (AvgIpc) is 2.99. The van der Waals surface area contributed by atoms with Gasteiger partial charge in [-0.05, 0) is 19.4 Å². The normalized spacial score (nSPS) is 24.3. The molecular weight excluding hydrogens is 264 g/mol. The summed E-state index contributed by atoms with van der Waals surface area (Å²) in [6, 6.07) is 4.92. The topological polar surface area (TPSA) is 40.6 Å². The number of nitrogens with zero attached hydrogens (tertiary/aromatic N) is 3. The summed E-state index contributed by atoms with van der Waals surface area (Å²) in [7, 11) is 0. The van der Waals surface area contributed by atoms with E-state index in [0.717, 1.165) is 45.2 Å². The minimum absolute atomic E-state index is 0.702. The Kier molecular flexibility index (Phi) is 5.06. The lowest BCUT2D eigenvalue weighted by atomic mass is 10.2. The number of likely N-dealkylation sites (tertiary alicyclic amines) is 1. The lowest BCUT2D eigenvalue weighted by molar-refractivity contribution is 0.0184. The highest BCUT2D eigenvalue weighted by atomic mass is 16.5. The molecule has 2 aliphatic heterocycles. The summed E-state index contributed by atoms with van der Waals surface area (Å²) in [4.78, 5) is 9.60. The minimum Gasteiger partial charge on any atom is -0.379 e. The molecule has 0 aromatic carbocycles. The summed E-state index contributed by atoms with van der Waals surface area (Å²) in [5.74, 6) is 1.04. The molecule has 116 valence electrons. The van der Waals surface area contributed by atoms with Crippen molar-refractivity contribution < 1.29 is 4.74 Å². The molecule has 0 bridgehead atoms. The van der Waals surface area contributed by atoms with Gasteiger partial charge in [-0.3, -0.25) is 9.80 Å². The van der Waals surface area contributed by atoms with Crippen LogP contribution in [0.15, 0.2) is 18.3 Å². The van der Waals surface area contributed by atoms with E-state index in [4.69, 9.17) is 4.74 Å². The van der Waals surface area contributed by atoms with Crippen molar-refractivity contribution in [2.24, 2.45) is 0 Å². The SMILES string of the molecule is CCNc1ncccc1CN1CCC(N2CCOCC2)C1. The Labute approximate surface area is 127 Å². The molecule has 2 saturated heterocycles. The van der Waals surface area contributed by atoms with Crippen molar-refractivity contribution in [1.82, 2.24) is 14.8 Å². The number of anilines is 1. The Morgan fingerprint density at radius 1 is 1.33 bits per heavy atom. The first-order chi connectivity index (χ1) is 10.4. The van der Waals surface area contributed by atoms with Gasteiger partial charge >= 0.3 is 0 Å². The zero-order valence-electron chi connectivity index (χ0n) is 12.9. The Morgan fingerprint density at radius 3 is 3.00 bits per heavy atom. The first kappa shape index (κ1) is 14.8. The van der Waals surface area contributed by atoms with Crippen LogP contribution in [0.2, 0.25) is 0 Å². The number of hydrogen-bond donors (Lipinski definition) is 1. The smallest absolute Gasteiger partial charge is 0.130 e. The molecule has 21 heavy (non-hydrogen) atoms. The second kappa shape index (κ2) is 7.20. The van der Waals surface area contributed by atoms with Crippen LogP contribution in [-0.4, -0.2) is 66.8 Å². The fraction of sp³-hybridized carbons (Fsp3) is 0.688. The molecule has 0 radical (unpaired) electrons. The molecule has 1 aromatic rings. The van der Waals surface area contributed by atoms with E-state index in [1.807, 2.05) is 12.3 Å². The standard InChI is InChI=1S/C16H26N4O/c1-2-17-16-14(4-3-6-18-16)12-19-7-5-15(13-19)20-8-10-21-11-9-20/h3-4,6,15H,2,5,7-13H2,1H3,(H,17,18). The van der Waals surface area contributed by atoms with Gasteiger partial charge in [0.1, 0.15) is 5.82 Å². The average molecular weight is 290 g/mol. The zero-order valence-corrected chi connectivity index (χ0v) is 12.9. The molecule has 5 heteroatoms. The van der Waals surface area contributed by atoms with Crippen LogP contribution >= 0.6 is 0 Å². The van der Waals surface area contributed by atoms with Crippen molar-refractivity contribution in [2.75, 3.05) is 51.3 Å². The van der Waals surface area contributed by atoms with E-state index in [9.17, 15) is 0 Å². The number of rotatable bonds is 5. The quantitative estimate of drug-likeness (QED) is 0.888. The second-order valence-electron chi connectivity index (χ2n) is 5.87. The van der Waals surface area contributed by atoms with E-state index in [-0.39, 0.29) is 0 Å². The van der Waals surface area contributed by atoms with Crippen molar-refractivity contribution in [3.63, 3.8) is 0 Å². The molecule has 2 aliphatic rings. The third-order valence-electron chi connectivity index (χ3n) is 4.44. The Hall–Kier alpha value is -1.17. The van der Waals surface area contributed by atoms with E-state index in [0.29, 0.717) is 6.04 Å². The predicted molar refractivity (Wildman–Crippen MR) is 84.5 cm³/mol. The van der Waals surface area contributed by atoms with Crippen LogP contribution in [-0.2, 0) is 11.3 Å². The molecule has 0 spiro atoms. The first-order valence-electron chi connectivity index (χ1n) is 8.08. The first-order valence-corrected chi connectivity index (χ1v) is 8.08. The van der Waals surface area contributed by atoms with E-state index < -0.39 is 0 Å². The second-order valence-corrected chi connectivity index (χ2v) is 5.87. The molecule has 5 nitrogen and oxygen atoms in total. The van der Waals surface area contributed by atoms with Crippen LogP contribution in [0, 0.1) is 0 Å². The van der Waals surface area contributed by atoms with Gasteiger partial charge in [-0.25, -0.2) is 4.98 Å². The fourth-order valence-corrected chi connectivity index (χ4v) is 3.33. The number of hydrogen-bond acceptors (Lipinski definition) is 5. The maximum absolute atomic E-state index is 5.45. The molecule has 1 aromatic heterocycles. The summed E-state index contributed by atoms with van der Waals surface area (Å²) in [5, 5.41) is 3.36. The number of morpholine rings is 1. The van der Waals surface area contributed by atoms with E-state index in [1.54, 1.807) is 0 Å². The highest BCUT2D eigenvalue weighted by Crippen LogP contribution is 2.21. The van der Waals surface area contributed by atoms with Crippen LogP contribution in [0.25, 0.3) is 0 Å². The molecule has 1 N–H and O–H groups in total. The Bertz CT molecular complexity index is 448. The molecule has 3 heterocycles. The van der Waals surface area contributed by atoms with Crippen molar-refractivity contribution >= 4 is 5.82 Å². The van der Waals surface area contributed by atoms with Gasteiger partial charge < -0.3 is 10.1 Å². The highest BCUT2D eigenvalue weighted by Gasteiger charge is 2.28. The largest absolute Gasteiger partial charge is 0.379 e. The van der Waals surface area contributed by atoms with Crippen LogP contribution < -0.4 is 5.32 Å². The predicted octanol–water partition coefficient (Wildman–Crippen LogP) is 1.42. The van der Waals surface area contributed by atoms with Gasteiger partial charge in [-0.1, -0.05) is 6.07 Å². The molecule has 0 aliphatic carbocycles. The van der Waals surface area contributed by atoms with Gasteiger partial charge in [-0.2, -0.15) is 0 Å². The van der Waals surface area contributed by atoms with E-state index in [1.165, 1.54) is 25.1 Å². The summed E-state index contributed by atoms with van der Waals surface area (Å²) in [5.41, 5.74) is 1.31. The van der Waals surface area contributed by atoms with Gasteiger partial charge in [0.05, 0.1) is 13.2 Å². The summed E-state index contributed by atoms with van der Waals surface area (Å²) >= 11 is 0. The van der Waals surface area contributed by atoms with Crippen LogP contribution in [0.3, 0.4) is 0 Å². The number of pyridine rings is 1. The molecule has 0 saturated carbocycles. The molecule has 2 fully saturated rings. The third-order valence-corrected chi connectivity index (χ3v) is 4.44. The van der Waals surface area contributed by atoms with Crippen molar-refractivity contribution in [3.8, 4) is 0 Å². The van der Waals surface area contributed by atoms with Gasteiger partial charge in [0.25, 0.3) is 0 Å². The highest BCUT2D eigenvalue weighted by molar-refractivity contribution is 5.43. The zero-order chi connectivity index (χ0) is 14.5. The maximum Gasteiger partial charge on any atom is 0.130 e. The lowest BCUT2D eigenvalue weighted by Crippen LogP contribution is -2.44. The number of aromatic nitrogens is 1. The molecule has 1 unspecified atom stereocenters. The molecular formula is C16H26N4O. The third kappa shape index (κ3) is 3.73. The van der Waals surface area contributed by atoms with Gasteiger partial charge in [0.15, 0.2) is 0 Å². The molecule has 1 atom stereocenters. The van der Waals surface area contributed by atoms with Gasteiger partial charge in [-0.15, -0.1) is 0 Å². The fourth-order valence-electron chi connectivity index (χ4n) is 3.33. The van der Waals surface area contributed by atoms with Crippen LogP contribution in [0.1, 0.15) is 18.9 Å².